The molecule has 5 nitrogen and oxygen atoms in total. The van der Waals surface area contributed by atoms with E-state index in [1.165, 1.54) is 0 Å². The van der Waals surface area contributed by atoms with Gasteiger partial charge < -0.3 is 15.7 Å². The summed E-state index contributed by atoms with van der Waals surface area (Å²) in [4.78, 5) is 8.51. The predicted octanol–water partition coefficient (Wildman–Crippen LogP) is 1.66. The van der Waals surface area contributed by atoms with E-state index in [4.69, 9.17) is 5.11 Å². The summed E-state index contributed by atoms with van der Waals surface area (Å²) in [6.45, 7) is 6.06. The van der Waals surface area contributed by atoms with Gasteiger partial charge in [-0.3, -0.25) is 0 Å². The zero-order valence-corrected chi connectivity index (χ0v) is 10.7. The quantitative estimate of drug-likeness (QED) is 0.601. The Morgan fingerprint density at radius 2 is 1.76 bits per heavy atom. The number of aliphatic hydroxyl groups excluding tert-OH is 1. The molecule has 1 heterocycles. The van der Waals surface area contributed by atoms with Gasteiger partial charge in [-0.05, 0) is 19.3 Å². The minimum atomic E-state index is 0.195. The number of hydrogen-bond donors (Lipinski definition) is 3. The van der Waals surface area contributed by atoms with Crippen LogP contribution >= 0.6 is 0 Å². The molecule has 96 valence electrons. The highest BCUT2D eigenvalue weighted by molar-refractivity contribution is 5.57. The van der Waals surface area contributed by atoms with Crippen molar-refractivity contribution in [3.8, 4) is 0 Å². The van der Waals surface area contributed by atoms with Crippen molar-refractivity contribution in [3.05, 3.63) is 11.9 Å². The van der Waals surface area contributed by atoms with Gasteiger partial charge in [-0.15, -0.1) is 0 Å². The zero-order valence-electron chi connectivity index (χ0n) is 10.7. The number of rotatable bonds is 8. The average Bonchev–Trinajstić information content (AvgIpc) is 2.36. The highest BCUT2D eigenvalue weighted by atomic mass is 16.3. The van der Waals surface area contributed by atoms with Crippen molar-refractivity contribution < 1.29 is 5.11 Å². The highest BCUT2D eigenvalue weighted by Gasteiger charge is 2.08. The van der Waals surface area contributed by atoms with Crippen molar-refractivity contribution in [3.63, 3.8) is 0 Å². The standard InChI is InChI=1S/C12H22N4O/c1-3-6-13-11-10(4-2)12(16-9-15-11)14-7-5-8-17/h9,17H,3-8H2,1-2H3,(H2,13,14,15,16). The Kier molecular flexibility index (Phi) is 6.32. The molecule has 3 N–H and O–H groups in total. The van der Waals surface area contributed by atoms with Crippen molar-refractivity contribution in [1.82, 2.24) is 9.97 Å². The molecule has 0 atom stereocenters. The Labute approximate surface area is 103 Å². The van der Waals surface area contributed by atoms with Gasteiger partial charge in [0, 0.05) is 25.3 Å². The summed E-state index contributed by atoms with van der Waals surface area (Å²) in [6.07, 6.45) is 4.25. The Balaban J connectivity index is 2.74. The van der Waals surface area contributed by atoms with E-state index in [1.807, 2.05) is 0 Å². The summed E-state index contributed by atoms with van der Waals surface area (Å²) >= 11 is 0. The van der Waals surface area contributed by atoms with E-state index in [9.17, 15) is 0 Å². The van der Waals surface area contributed by atoms with Crippen LogP contribution in [0.2, 0.25) is 0 Å². The second-order valence-corrected chi connectivity index (χ2v) is 3.83. The zero-order chi connectivity index (χ0) is 12.5. The van der Waals surface area contributed by atoms with E-state index in [1.54, 1.807) is 6.33 Å². The molecule has 0 aliphatic carbocycles. The van der Waals surface area contributed by atoms with Gasteiger partial charge in [-0.25, -0.2) is 9.97 Å². The molecule has 0 aliphatic heterocycles. The number of hydrogen-bond acceptors (Lipinski definition) is 5. The Morgan fingerprint density at radius 3 is 2.29 bits per heavy atom. The van der Waals surface area contributed by atoms with Crippen molar-refractivity contribution >= 4 is 11.6 Å². The Morgan fingerprint density at radius 1 is 1.12 bits per heavy atom. The van der Waals surface area contributed by atoms with E-state index < -0.39 is 0 Å². The molecule has 0 bridgehead atoms. The topological polar surface area (TPSA) is 70.1 Å². The van der Waals surface area contributed by atoms with E-state index in [2.05, 4.69) is 34.4 Å². The summed E-state index contributed by atoms with van der Waals surface area (Å²) in [5.41, 5.74) is 1.11. The number of anilines is 2. The Hall–Kier alpha value is -1.36. The summed E-state index contributed by atoms with van der Waals surface area (Å²) in [6, 6.07) is 0. The molecule has 0 aromatic carbocycles. The first-order valence-corrected chi connectivity index (χ1v) is 6.25. The third-order valence-electron chi connectivity index (χ3n) is 2.47. The fourth-order valence-corrected chi connectivity index (χ4v) is 1.58. The number of nitrogens with one attached hydrogen (secondary N) is 2. The number of aromatic nitrogens is 2. The molecule has 0 saturated carbocycles. The van der Waals surface area contributed by atoms with Crippen LogP contribution in [0.15, 0.2) is 6.33 Å². The summed E-state index contributed by atoms with van der Waals surface area (Å²) < 4.78 is 0. The molecule has 17 heavy (non-hydrogen) atoms. The summed E-state index contributed by atoms with van der Waals surface area (Å²) in [5.74, 6) is 1.78. The first-order chi connectivity index (χ1) is 8.33. The molecule has 1 aromatic heterocycles. The van der Waals surface area contributed by atoms with Crippen molar-refractivity contribution in [2.75, 3.05) is 30.3 Å². The molecule has 0 unspecified atom stereocenters. The van der Waals surface area contributed by atoms with Gasteiger partial charge in [0.2, 0.25) is 0 Å². The van der Waals surface area contributed by atoms with Crippen LogP contribution in [-0.4, -0.2) is 34.8 Å². The van der Waals surface area contributed by atoms with Crippen LogP contribution < -0.4 is 10.6 Å². The van der Waals surface area contributed by atoms with Gasteiger partial charge in [0.1, 0.15) is 18.0 Å². The van der Waals surface area contributed by atoms with E-state index in [0.717, 1.165) is 49.6 Å². The first kappa shape index (κ1) is 13.7. The van der Waals surface area contributed by atoms with Gasteiger partial charge in [0.15, 0.2) is 0 Å². The highest BCUT2D eigenvalue weighted by Crippen LogP contribution is 2.20. The maximum Gasteiger partial charge on any atom is 0.134 e. The lowest BCUT2D eigenvalue weighted by Gasteiger charge is -2.13. The fraction of sp³-hybridized carbons (Fsp3) is 0.667. The molecule has 0 radical (unpaired) electrons. The molecular weight excluding hydrogens is 216 g/mol. The summed E-state index contributed by atoms with van der Waals surface area (Å²) in [5, 5.41) is 15.3. The van der Waals surface area contributed by atoms with Gasteiger partial charge in [-0.1, -0.05) is 13.8 Å². The van der Waals surface area contributed by atoms with Crippen LogP contribution in [0.3, 0.4) is 0 Å². The van der Waals surface area contributed by atoms with Crippen LogP contribution in [0, 0.1) is 0 Å². The van der Waals surface area contributed by atoms with Crippen molar-refractivity contribution in [2.45, 2.75) is 33.1 Å². The van der Waals surface area contributed by atoms with Crippen molar-refractivity contribution in [1.29, 1.82) is 0 Å². The smallest absolute Gasteiger partial charge is 0.134 e. The molecule has 0 aliphatic rings. The average molecular weight is 238 g/mol. The molecule has 0 spiro atoms. The molecule has 0 saturated heterocycles. The van der Waals surface area contributed by atoms with Crippen LogP contribution in [0.4, 0.5) is 11.6 Å². The Bertz CT molecular complexity index is 330. The van der Waals surface area contributed by atoms with Crippen LogP contribution in [0.1, 0.15) is 32.3 Å². The van der Waals surface area contributed by atoms with E-state index in [-0.39, 0.29) is 6.61 Å². The molecule has 0 amide bonds. The molecule has 5 heteroatoms. The summed E-state index contributed by atoms with van der Waals surface area (Å²) in [7, 11) is 0. The molecule has 1 aromatic rings. The SMILES string of the molecule is CCCNc1ncnc(NCCCO)c1CC. The molecule has 1 rings (SSSR count). The lowest BCUT2D eigenvalue weighted by atomic mass is 10.2. The van der Waals surface area contributed by atoms with Crippen molar-refractivity contribution in [2.24, 2.45) is 0 Å². The largest absolute Gasteiger partial charge is 0.396 e. The third kappa shape index (κ3) is 4.19. The first-order valence-electron chi connectivity index (χ1n) is 6.25. The maximum atomic E-state index is 8.76. The maximum absolute atomic E-state index is 8.76. The monoisotopic (exact) mass is 238 g/mol. The predicted molar refractivity (Wildman–Crippen MR) is 70.4 cm³/mol. The third-order valence-corrected chi connectivity index (χ3v) is 2.47. The van der Waals surface area contributed by atoms with E-state index >= 15 is 0 Å². The fourth-order valence-electron chi connectivity index (χ4n) is 1.58. The van der Waals surface area contributed by atoms with Crippen LogP contribution in [-0.2, 0) is 6.42 Å². The van der Waals surface area contributed by atoms with E-state index in [0.29, 0.717) is 0 Å². The minimum Gasteiger partial charge on any atom is -0.396 e. The van der Waals surface area contributed by atoms with Crippen LogP contribution in [0.25, 0.3) is 0 Å². The second kappa shape index (κ2) is 7.84. The number of aliphatic hydroxyl groups is 1. The minimum absolute atomic E-state index is 0.195. The lowest BCUT2D eigenvalue weighted by Crippen LogP contribution is -2.11. The van der Waals surface area contributed by atoms with Gasteiger partial charge >= 0.3 is 0 Å². The normalized spacial score (nSPS) is 10.3. The van der Waals surface area contributed by atoms with Gasteiger partial charge in [-0.2, -0.15) is 0 Å². The molecule has 0 fully saturated rings. The lowest BCUT2D eigenvalue weighted by molar-refractivity contribution is 0.292. The number of nitrogens with zero attached hydrogens (tertiary/aromatic N) is 2. The molecular formula is C12H22N4O. The second-order valence-electron chi connectivity index (χ2n) is 3.83. The van der Waals surface area contributed by atoms with Gasteiger partial charge in [0.25, 0.3) is 0 Å². The van der Waals surface area contributed by atoms with Gasteiger partial charge in [0.05, 0.1) is 0 Å². The van der Waals surface area contributed by atoms with Crippen LogP contribution in [0.5, 0.6) is 0 Å².